The molecule has 0 aliphatic heterocycles. The molecule has 0 radical (unpaired) electrons. The number of amides is 1. The second kappa shape index (κ2) is 6.86. The van der Waals surface area contributed by atoms with Crippen LogP contribution in [0.4, 0.5) is 5.82 Å². The third kappa shape index (κ3) is 3.80. The van der Waals surface area contributed by atoms with Gasteiger partial charge in [-0.15, -0.1) is 0 Å². The van der Waals surface area contributed by atoms with Gasteiger partial charge in [-0.1, -0.05) is 12.1 Å². The Morgan fingerprint density at radius 3 is 2.71 bits per heavy atom. The second-order valence-electron chi connectivity index (χ2n) is 4.29. The van der Waals surface area contributed by atoms with Gasteiger partial charge in [-0.3, -0.25) is 4.79 Å². The van der Waals surface area contributed by atoms with Crippen molar-refractivity contribution >= 4 is 27.7 Å². The summed E-state index contributed by atoms with van der Waals surface area (Å²) in [4.78, 5) is 16.3. The van der Waals surface area contributed by atoms with Gasteiger partial charge < -0.3 is 10.6 Å². The summed E-state index contributed by atoms with van der Waals surface area (Å²) in [5.41, 5.74) is 2.00. The molecular formula is C15H13BrN4O. The van der Waals surface area contributed by atoms with Gasteiger partial charge in [0.15, 0.2) is 0 Å². The van der Waals surface area contributed by atoms with E-state index in [1.165, 1.54) is 0 Å². The number of nitrogens with zero attached hydrogens (tertiary/aromatic N) is 2. The minimum atomic E-state index is -0.211. The second-order valence-corrected chi connectivity index (χ2v) is 5.21. The molecule has 0 saturated carbocycles. The van der Waals surface area contributed by atoms with E-state index in [2.05, 4.69) is 37.6 Å². The molecule has 1 aromatic carbocycles. The fraction of sp³-hybridized carbons (Fsp3) is 0.133. The summed E-state index contributed by atoms with van der Waals surface area (Å²) in [6.45, 7) is 0.389. The van der Waals surface area contributed by atoms with E-state index >= 15 is 0 Å². The lowest BCUT2D eigenvalue weighted by Gasteiger charge is -2.09. The van der Waals surface area contributed by atoms with Gasteiger partial charge in [0.2, 0.25) is 0 Å². The molecule has 21 heavy (non-hydrogen) atoms. The van der Waals surface area contributed by atoms with E-state index in [0.717, 1.165) is 10.0 Å². The first-order chi connectivity index (χ1) is 10.1. The van der Waals surface area contributed by atoms with Crippen LogP contribution in [0.1, 0.15) is 21.5 Å². The molecule has 5 nitrogen and oxygen atoms in total. The number of pyridine rings is 1. The lowest BCUT2D eigenvalue weighted by atomic mass is 10.1. The van der Waals surface area contributed by atoms with E-state index < -0.39 is 0 Å². The van der Waals surface area contributed by atoms with Crippen LogP contribution in [-0.4, -0.2) is 17.9 Å². The van der Waals surface area contributed by atoms with E-state index in [1.807, 2.05) is 12.1 Å². The molecule has 0 spiro atoms. The highest BCUT2D eigenvalue weighted by Crippen LogP contribution is 2.17. The molecule has 0 unspecified atom stereocenters. The van der Waals surface area contributed by atoms with Crippen LogP contribution in [0, 0.1) is 11.3 Å². The molecular weight excluding hydrogens is 332 g/mol. The maximum absolute atomic E-state index is 12.2. The van der Waals surface area contributed by atoms with Gasteiger partial charge >= 0.3 is 0 Å². The number of carbonyl (C=O) groups excluding carboxylic acids is 1. The number of hydrogen-bond acceptors (Lipinski definition) is 4. The zero-order valence-corrected chi connectivity index (χ0v) is 12.9. The number of rotatable bonds is 4. The van der Waals surface area contributed by atoms with E-state index in [1.54, 1.807) is 31.4 Å². The molecule has 0 fully saturated rings. The normalized spacial score (nSPS) is 9.76. The number of halogens is 1. The summed E-state index contributed by atoms with van der Waals surface area (Å²) in [6.07, 6.45) is 1.63. The van der Waals surface area contributed by atoms with Crippen molar-refractivity contribution in [2.45, 2.75) is 6.54 Å². The topological polar surface area (TPSA) is 77.8 Å². The van der Waals surface area contributed by atoms with Gasteiger partial charge in [0.25, 0.3) is 5.91 Å². The number of benzene rings is 1. The fourth-order valence-electron chi connectivity index (χ4n) is 1.79. The van der Waals surface area contributed by atoms with E-state index in [0.29, 0.717) is 23.5 Å². The summed E-state index contributed by atoms with van der Waals surface area (Å²) >= 11 is 3.30. The number of nitrogens with one attached hydrogen (secondary N) is 2. The van der Waals surface area contributed by atoms with Gasteiger partial charge in [-0.2, -0.15) is 5.26 Å². The minimum absolute atomic E-state index is 0.211. The molecule has 0 atom stereocenters. The molecule has 1 amide bonds. The summed E-state index contributed by atoms with van der Waals surface area (Å²) < 4.78 is 0.741. The van der Waals surface area contributed by atoms with Crippen molar-refractivity contribution in [2.24, 2.45) is 0 Å². The molecule has 0 aliphatic rings. The average molecular weight is 345 g/mol. The maximum Gasteiger partial charge on any atom is 0.255 e. The summed E-state index contributed by atoms with van der Waals surface area (Å²) in [5.74, 6) is 0.313. The highest BCUT2D eigenvalue weighted by Gasteiger charge is 2.12. The van der Waals surface area contributed by atoms with Gasteiger partial charge in [0.05, 0.1) is 17.2 Å². The SMILES string of the molecule is CNc1ncc(Br)cc1C(=O)NCc1ccc(C#N)cc1. The zero-order chi connectivity index (χ0) is 15.2. The van der Waals surface area contributed by atoms with Crippen LogP contribution in [0.3, 0.4) is 0 Å². The molecule has 2 N–H and O–H groups in total. The summed E-state index contributed by atoms with van der Waals surface area (Å²) in [5, 5.41) is 14.5. The van der Waals surface area contributed by atoms with Crippen molar-refractivity contribution in [3.8, 4) is 6.07 Å². The lowest BCUT2D eigenvalue weighted by molar-refractivity contribution is 0.0951. The Balaban J connectivity index is 2.08. The predicted molar refractivity (Wildman–Crippen MR) is 83.8 cm³/mol. The molecule has 0 saturated heterocycles. The molecule has 6 heteroatoms. The van der Waals surface area contributed by atoms with E-state index in [9.17, 15) is 4.79 Å². The fourth-order valence-corrected chi connectivity index (χ4v) is 2.12. The van der Waals surface area contributed by atoms with Crippen LogP contribution in [0.25, 0.3) is 0 Å². The molecule has 1 heterocycles. The van der Waals surface area contributed by atoms with Crippen LogP contribution in [-0.2, 0) is 6.54 Å². The van der Waals surface area contributed by atoms with Crippen LogP contribution >= 0.6 is 15.9 Å². The van der Waals surface area contributed by atoms with Gasteiger partial charge in [-0.25, -0.2) is 4.98 Å². The predicted octanol–water partition coefficient (Wildman–Crippen LogP) is 2.69. The highest BCUT2D eigenvalue weighted by molar-refractivity contribution is 9.10. The van der Waals surface area contributed by atoms with Crippen LogP contribution in [0.15, 0.2) is 41.0 Å². The Bertz CT molecular complexity index is 692. The van der Waals surface area contributed by atoms with Crippen molar-refractivity contribution in [3.05, 3.63) is 57.7 Å². The van der Waals surface area contributed by atoms with Crippen LogP contribution < -0.4 is 10.6 Å². The summed E-state index contributed by atoms with van der Waals surface area (Å²) in [6, 6.07) is 10.9. The monoisotopic (exact) mass is 344 g/mol. The highest BCUT2D eigenvalue weighted by atomic mass is 79.9. The van der Waals surface area contributed by atoms with Crippen molar-refractivity contribution in [1.29, 1.82) is 5.26 Å². The number of anilines is 1. The Labute approximate surface area is 131 Å². The Kier molecular flexibility index (Phi) is 4.90. The largest absolute Gasteiger partial charge is 0.372 e. The third-order valence-corrected chi connectivity index (χ3v) is 3.31. The molecule has 0 bridgehead atoms. The van der Waals surface area contributed by atoms with Crippen molar-refractivity contribution in [2.75, 3.05) is 12.4 Å². The molecule has 1 aromatic heterocycles. The average Bonchev–Trinajstić information content (AvgIpc) is 2.53. The lowest BCUT2D eigenvalue weighted by Crippen LogP contribution is -2.24. The van der Waals surface area contributed by atoms with Crippen LogP contribution in [0.5, 0.6) is 0 Å². The van der Waals surface area contributed by atoms with E-state index in [4.69, 9.17) is 5.26 Å². The van der Waals surface area contributed by atoms with Crippen molar-refractivity contribution in [3.63, 3.8) is 0 Å². The van der Waals surface area contributed by atoms with Gasteiger partial charge in [-0.05, 0) is 39.7 Å². The number of nitriles is 1. The molecule has 2 rings (SSSR count). The van der Waals surface area contributed by atoms with Crippen molar-refractivity contribution < 1.29 is 4.79 Å². The molecule has 2 aromatic rings. The molecule has 0 aliphatic carbocycles. The molecule has 106 valence electrons. The van der Waals surface area contributed by atoms with E-state index in [-0.39, 0.29) is 5.91 Å². The maximum atomic E-state index is 12.2. The Morgan fingerprint density at radius 2 is 2.10 bits per heavy atom. The van der Waals surface area contributed by atoms with Gasteiger partial charge in [0.1, 0.15) is 5.82 Å². The smallest absolute Gasteiger partial charge is 0.255 e. The number of hydrogen-bond donors (Lipinski definition) is 2. The van der Waals surface area contributed by atoms with Gasteiger partial charge in [0, 0.05) is 24.3 Å². The first-order valence-corrected chi connectivity index (χ1v) is 7.04. The Morgan fingerprint density at radius 1 is 1.38 bits per heavy atom. The number of carbonyl (C=O) groups is 1. The van der Waals surface area contributed by atoms with Crippen LogP contribution in [0.2, 0.25) is 0 Å². The standard InChI is InChI=1S/C15H13BrN4O/c1-18-14-13(6-12(16)9-19-14)15(21)20-8-11-4-2-10(7-17)3-5-11/h2-6,9H,8H2,1H3,(H,18,19)(H,20,21). The zero-order valence-electron chi connectivity index (χ0n) is 11.4. The quantitative estimate of drug-likeness (QED) is 0.893. The minimum Gasteiger partial charge on any atom is -0.372 e. The first-order valence-electron chi connectivity index (χ1n) is 6.24. The third-order valence-electron chi connectivity index (χ3n) is 2.87. The number of aromatic nitrogens is 1. The summed E-state index contributed by atoms with van der Waals surface area (Å²) in [7, 11) is 1.72. The van der Waals surface area contributed by atoms with Crippen molar-refractivity contribution in [1.82, 2.24) is 10.3 Å². The first kappa shape index (κ1) is 15.0. The Hall–Kier alpha value is -2.39.